The third-order valence-electron chi connectivity index (χ3n) is 9.58. The Morgan fingerprint density at radius 3 is 2.14 bits per heavy atom. The number of ether oxygens (including phenoxy) is 4. The molecule has 314 valence electrons. The maximum Gasteiger partial charge on any atom is 0.328 e. The van der Waals surface area contributed by atoms with Crippen LogP contribution in [0.25, 0.3) is 0 Å². The number of hydrogen-bond donors (Lipinski definition) is 11. The molecule has 3 amide bonds. The summed E-state index contributed by atoms with van der Waals surface area (Å²) in [5.41, 5.74) is 1.17. The maximum atomic E-state index is 12.5. The number of rotatable bonds is 13. The largest absolute Gasteiger partial charge is 0.496 e. The Balaban J connectivity index is 0.000000265. The van der Waals surface area contributed by atoms with Crippen molar-refractivity contribution in [3.05, 3.63) is 58.6 Å². The minimum Gasteiger partial charge on any atom is -0.496 e. The highest BCUT2D eigenvalue weighted by Gasteiger charge is 2.58. The lowest BCUT2D eigenvalue weighted by molar-refractivity contribution is -0.383. The Bertz CT molecular complexity index is 1700. The number of aliphatic hydroxyl groups is 8. The molecule has 21 heteroatoms. The van der Waals surface area contributed by atoms with Crippen molar-refractivity contribution in [3.8, 4) is 5.75 Å². The smallest absolute Gasteiger partial charge is 0.328 e. The second kappa shape index (κ2) is 20.5. The normalized spacial score (nSPS) is 29.5. The second-order valence-corrected chi connectivity index (χ2v) is 15.6. The number of methoxy groups -OCH3 is 1. The van der Waals surface area contributed by atoms with Crippen molar-refractivity contribution in [1.82, 2.24) is 15.4 Å². The zero-order chi connectivity index (χ0) is 41.2. The Morgan fingerprint density at radius 2 is 1.55 bits per heavy atom. The van der Waals surface area contributed by atoms with Crippen LogP contribution in [0, 0.1) is 0 Å². The highest BCUT2D eigenvalue weighted by molar-refractivity contribution is 7.90. The van der Waals surface area contributed by atoms with Crippen LogP contribution < -0.4 is 20.1 Å². The average Bonchev–Trinajstić information content (AvgIpc) is 3.43. The summed E-state index contributed by atoms with van der Waals surface area (Å²) in [6, 6.07) is 10.3. The molecule has 11 N–H and O–H groups in total. The third kappa shape index (κ3) is 11.2. The molecule has 0 unspecified atom stereocenters. The van der Waals surface area contributed by atoms with Gasteiger partial charge in [0.1, 0.15) is 55.1 Å². The number of halogens is 1. The van der Waals surface area contributed by atoms with Crippen LogP contribution in [-0.4, -0.2) is 156 Å². The third-order valence-corrected chi connectivity index (χ3v) is 11.2. The number of aliphatic hydroxyl groups excluding tert-OH is 8. The van der Waals surface area contributed by atoms with Gasteiger partial charge in [-0.2, -0.15) is 0 Å². The first-order chi connectivity index (χ1) is 26.6. The van der Waals surface area contributed by atoms with Gasteiger partial charge in [0.25, 0.3) is 15.9 Å². The van der Waals surface area contributed by atoms with Crippen LogP contribution in [0.2, 0.25) is 5.02 Å². The predicted octanol–water partition coefficient (Wildman–Crippen LogP) is -1.75. The number of sulfonamides is 1. The van der Waals surface area contributed by atoms with Gasteiger partial charge >= 0.3 is 6.03 Å². The lowest BCUT2D eigenvalue weighted by Crippen LogP contribution is -2.62. The summed E-state index contributed by atoms with van der Waals surface area (Å²) in [7, 11) is -2.49. The average molecular weight is 836 g/mol. The van der Waals surface area contributed by atoms with E-state index in [-0.39, 0.29) is 16.8 Å². The van der Waals surface area contributed by atoms with Gasteiger partial charge in [0.15, 0.2) is 6.29 Å². The summed E-state index contributed by atoms with van der Waals surface area (Å²) in [5, 5.41) is 82.6. The summed E-state index contributed by atoms with van der Waals surface area (Å²) in [6.07, 6.45) is -7.22. The van der Waals surface area contributed by atoms with E-state index in [1.165, 1.54) is 25.3 Å². The zero-order valence-corrected chi connectivity index (χ0v) is 32.0. The number of hydrogen-bond acceptors (Lipinski definition) is 16. The lowest BCUT2D eigenvalue weighted by atomic mass is 9.96. The van der Waals surface area contributed by atoms with Gasteiger partial charge in [0.05, 0.1) is 30.8 Å². The molecule has 2 aromatic rings. The standard InChI is InChI=1S/C23H28ClN3O5S.C12H22O11/c1-32-21-12-9-17(24)15-20(21)22(28)25-14-13-16-7-10-19(11-8-16)33(30,31)27-23(29)26-18-5-3-2-4-6-18;13-1-4-6(16)8(18)9(19)11(21-4)23-12(3-15)10(20)7(17)5(2-14)22-12/h7-12,15,18H,2-6,13-14H2,1H3,(H,25,28)(H2,26,27,29);4-11,13-20H,1-3H2/t;4-,5-,6-,7-,8+,9-,10+,11-,12+/m.1/s1. The SMILES string of the molecule is COc1ccc(Cl)cc1C(=O)NCCc1ccc(S(=O)(=O)NC(=O)NC2CCCCC2)cc1.OC[C@H]1O[C@@](CO)(O[C@H]2O[C@H](CO)[C@@H](O)[C@H](O)[C@H]2O)[C@@H](O)[C@@H]1O. The van der Waals surface area contributed by atoms with Gasteiger partial charge in [-0.15, -0.1) is 0 Å². The van der Waals surface area contributed by atoms with Gasteiger partial charge in [-0.3, -0.25) is 4.79 Å². The summed E-state index contributed by atoms with van der Waals surface area (Å²) < 4.78 is 47.7. The van der Waals surface area contributed by atoms with Gasteiger partial charge in [-0.25, -0.2) is 17.9 Å². The van der Waals surface area contributed by atoms with Crippen LogP contribution in [-0.2, 0) is 30.7 Å². The minimum absolute atomic E-state index is 0.00209. The summed E-state index contributed by atoms with van der Waals surface area (Å²) in [6.45, 7) is -1.99. The summed E-state index contributed by atoms with van der Waals surface area (Å²) in [5.74, 6) is -2.12. The molecule has 19 nitrogen and oxygen atoms in total. The fourth-order valence-corrected chi connectivity index (χ4v) is 7.47. The van der Waals surface area contributed by atoms with Crippen molar-refractivity contribution in [3.63, 3.8) is 0 Å². The molecule has 3 aliphatic rings. The Morgan fingerprint density at radius 1 is 0.893 bits per heavy atom. The molecule has 0 radical (unpaired) electrons. The molecule has 3 fully saturated rings. The first-order valence-electron chi connectivity index (χ1n) is 17.9. The van der Waals surface area contributed by atoms with Crippen molar-refractivity contribution in [1.29, 1.82) is 0 Å². The van der Waals surface area contributed by atoms with E-state index in [4.69, 9.17) is 40.8 Å². The molecule has 1 aliphatic carbocycles. The highest BCUT2D eigenvalue weighted by atomic mass is 35.5. The van der Waals surface area contributed by atoms with Crippen LogP contribution >= 0.6 is 11.6 Å². The van der Waals surface area contributed by atoms with Crippen LogP contribution in [0.4, 0.5) is 4.79 Å². The molecule has 2 saturated heterocycles. The molecule has 0 bridgehead atoms. The Kier molecular flexibility index (Phi) is 16.6. The molecule has 0 aromatic heterocycles. The lowest BCUT2D eigenvalue weighted by Gasteiger charge is -2.43. The fourth-order valence-electron chi connectivity index (χ4n) is 6.38. The van der Waals surface area contributed by atoms with Gasteiger partial charge in [0, 0.05) is 17.6 Å². The first kappa shape index (κ1) is 45.5. The van der Waals surface area contributed by atoms with Crippen LogP contribution in [0.3, 0.4) is 0 Å². The van der Waals surface area contributed by atoms with Crippen LogP contribution in [0.15, 0.2) is 47.4 Å². The number of amides is 3. The number of carbonyl (C=O) groups is 2. The number of benzene rings is 2. The van der Waals surface area contributed by atoms with E-state index in [1.54, 1.807) is 24.3 Å². The van der Waals surface area contributed by atoms with Gasteiger partial charge in [-0.1, -0.05) is 43.0 Å². The molecular weight excluding hydrogens is 786 g/mol. The van der Waals surface area contributed by atoms with E-state index in [1.807, 2.05) is 0 Å². The molecule has 2 aliphatic heterocycles. The second-order valence-electron chi connectivity index (χ2n) is 13.5. The minimum atomic E-state index is -3.97. The van der Waals surface area contributed by atoms with Gasteiger partial charge in [-0.05, 0) is 55.2 Å². The topological polar surface area (TPSA) is 303 Å². The van der Waals surface area contributed by atoms with Crippen molar-refractivity contribution in [2.75, 3.05) is 33.5 Å². The number of urea groups is 1. The van der Waals surface area contributed by atoms with Crippen molar-refractivity contribution >= 4 is 33.6 Å². The van der Waals surface area contributed by atoms with Crippen LogP contribution in [0.5, 0.6) is 5.75 Å². The monoisotopic (exact) mass is 835 g/mol. The molecule has 1 saturated carbocycles. The molecule has 5 rings (SSSR count). The molecular formula is C35H50ClN3O16S. The summed E-state index contributed by atoms with van der Waals surface area (Å²) >= 11 is 5.96. The molecule has 56 heavy (non-hydrogen) atoms. The van der Waals surface area contributed by atoms with E-state index < -0.39 is 90.7 Å². The van der Waals surface area contributed by atoms with Crippen molar-refractivity contribution in [2.45, 2.75) is 104 Å². The molecule has 9 atom stereocenters. The zero-order valence-electron chi connectivity index (χ0n) is 30.4. The predicted molar refractivity (Wildman–Crippen MR) is 195 cm³/mol. The fraction of sp³-hybridized carbons (Fsp3) is 0.600. The highest BCUT2D eigenvalue weighted by Crippen LogP contribution is 2.36. The van der Waals surface area contributed by atoms with E-state index in [2.05, 4.69) is 15.4 Å². The summed E-state index contributed by atoms with van der Waals surface area (Å²) in [4.78, 5) is 24.5. The van der Waals surface area contributed by atoms with E-state index in [0.29, 0.717) is 29.3 Å². The number of carbonyl (C=O) groups excluding carboxylic acids is 2. The molecule has 2 heterocycles. The van der Waals surface area contributed by atoms with Crippen molar-refractivity contribution in [2.24, 2.45) is 0 Å². The quantitative estimate of drug-likeness (QED) is 0.107. The molecule has 2 aromatic carbocycles. The van der Waals surface area contributed by atoms with Crippen molar-refractivity contribution < 1.29 is 77.8 Å². The van der Waals surface area contributed by atoms with Gasteiger partial charge in [0.2, 0.25) is 5.79 Å². The van der Waals surface area contributed by atoms with E-state index in [0.717, 1.165) is 37.7 Å². The van der Waals surface area contributed by atoms with E-state index in [9.17, 15) is 48.6 Å². The maximum absolute atomic E-state index is 12.5. The Hall–Kier alpha value is -3.22. The van der Waals surface area contributed by atoms with E-state index >= 15 is 0 Å². The first-order valence-corrected chi connectivity index (χ1v) is 19.7. The van der Waals surface area contributed by atoms with Gasteiger partial charge < -0.3 is 70.4 Å². The Labute approximate surface area is 328 Å². The van der Waals surface area contributed by atoms with Crippen LogP contribution in [0.1, 0.15) is 48.0 Å². The molecule has 0 spiro atoms. The number of nitrogens with one attached hydrogen (secondary N) is 3.